The van der Waals surface area contributed by atoms with Crippen LogP contribution in [0.2, 0.25) is 10.0 Å². The van der Waals surface area contributed by atoms with Gasteiger partial charge in [0.2, 0.25) is 5.91 Å². The minimum atomic E-state index is -4.18. The van der Waals surface area contributed by atoms with Gasteiger partial charge in [-0.1, -0.05) is 41.4 Å². The van der Waals surface area contributed by atoms with Crippen LogP contribution in [0.4, 0.5) is 10.7 Å². The van der Waals surface area contributed by atoms with Gasteiger partial charge in [-0.3, -0.25) is 9.10 Å². The van der Waals surface area contributed by atoms with Crippen LogP contribution in [-0.4, -0.2) is 33.4 Å². The zero-order valence-corrected chi connectivity index (χ0v) is 22.6. The highest BCUT2D eigenvalue weighted by Crippen LogP contribution is 2.39. The Morgan fingerprint density at radius 3 is 2.53 bits per heavy atom. The van der Waals surface area contributed by atoms with Crippen molar-refractivity contribution in [2.24, 2.45) is 0 Å². The lowest BCUT2D eigenvalue weighted by atomic mass is 9.95. The van der Waals surface area contributed by atoms with Gasteiger partial charge >= 0.3 is 5.97 Å². The predicted molar refractivity (Wildman–Crippen MR) is 143 cm³/mol. The highest BCUT2D eigenvalue weighted by Gasteiger charge is 2.31. The van der Waals surface area contributed by atoms with Crippen molar-refractivity contribution >= 4 is 67.1 Å². The fourth-order valence-electron chi connectivity index (χ4n) is 4.07. The molecular formula is C25H24Cl2N2O5S2. The third-order valence-electron chi connectivity index (χ3n) is 5.70. The van der Waals surface area contributed by atoms with E-state index in [1.165, 1.54) is 41.7 Å². The number of benzene rings is 2. The molecule has 190 valence electrons. The van der Waals surface area contributed by atoms with Gasteiger partial charge in [0.25, 0.3) is 10.0 Å². The number of amides is 1. The first-order chi connectivity index (χ1) is 17.2. The maximum Gasteiger partial charge on any atom is 0.341 e. The number of ether oxygens (including phenoxy) is 1. The molecule has 1 aliphatic carbocycles. The summed E-state index contributed by atoms with van der Waals surface area (Å²) < 4.78 is 33.3. The first-order valence-corrected chi connectivity index (χ1v) is 14.4. The minimum Gasteiger partial charge on any atom is -0.462 e. The van der Waals surface area contributed by atoms with Crippen LogP contribution in [0.15, 0.2) is 53.4 Å². The van der Waals surface area contributed by atoms with Gasteiger partial charge in [0.1, 0.15) is 11.5 Å². The Morgan fingerprint density at radius 2 is 1.81 bits per heavy atom. The smallest absolute Gasteiger partial charge is 0.341 e. The normalized spacial score (nSPS) is 13.1. The Hall–Kier alpha value is -2.59. The number of thiophene rings is 1. The van der Waals surface area contributed by atoms with Gasteiger partial charge in [-0.2, -0.15) is 0 Å². The molecule has 0 spiro atoms. The molecule has 0 radical (unpaired) electrons. The molecule has 1 aliphatic rings. The van der Waals surface area contributed by atoms with Crippen molar-refractivity contribution < 1.29 is 22.7 Å². The first-order valence-electron chi connectivity index (χ1n) is 11.4. The fraction of sp³-hybridized carbons (Fsp3) is 0.280. The second kappa shape index (κ2) is 11.2. The number of fused-ring (bicyclic) bond motifs is 1. The summed E-state index contributed by atoms with van der Waals surface area (Å²) >= 11 is 13.8. The molecule has 0 unspecified atom stereocenters. The molecule has 3 aromatic rings. The summed E-state index contributed by atoms with van der Waals surface area (Å²) in [6.07, 6.45) is 3.48. The molecule has 0 saturated heterocycles. The number of rotatable bonds is 8. The Bertz CT molecular complexity index is 1390. The van der Waals surface area contributed by atoms with Crippen LogP contribution in [0, 0.1) is 0 Å². The molecule has 36 heavy (non-hydrogen) atoms. The van der Waals surface area contributed by atoms with E-state index in [-0.39, 0.29) is 27.2 Å². The molecule has 0 aliphatic heterocycles. The van der Waals surface area contributed by atoms with E-state index in [9.17, 15) is 18.0 Å². The van der Waals surface area contributed by atoms with E-state index in [1.807, 2.05) is 0 Å². The number of aryl methyl sites for hydroxylation is 1. The van der Waals surface area contributed by atoms with E-state index in [1.54, 1.807) is 25.1 Å². The van der Waals surface area contributed by atoms with Crippen LogP contribution in [0.3, 0.4) is 0 Å². The van der Waals surface area contributed by atoms with Gasteiger partial charge < -0.3 is 10.1 Å². The monoisotopic (exact) mass is 566 g/mol. The van der Waals surface area contributed by atoms with Crippen LogP contribution in [0.1, 0.15) is 40.6 Å². The molecule has 2 aromatic carbocycles. The number of hydrogen-bond acceptors (Lipinski definition) is 6. The molecule has 7 nitrogen and oxygen atoms in total. The first kappa shape index (κ1) is 26.5. The van der Waals surface area contributed by atoms with Crippen molar-refractivity contribution in [3.05, 3.63) is 74.6 Å². The van der Waals surface area contributed by atoms with Crippen molar-refractivity contribution in [1.82, 2.24) is 0 Å². The van der Waals surface area contributed by atoms with Crippen molar-refractivity contribution in [2.45, 2.75) is 37.5 Å². The molecule has 1 N–H and O–H groups in total. The number of esters is 1. The van der Waals surface area contributed by atoms with E-state index >= 15 is 0 Å². The maximum absolute atomic E-state index is 13.6. The lowest BCUT2D eigenvalue weighted by Crippen LogP contribution is -2.38. The molecule has 0 bridgehead atoms. The zero-order valence-electron chi connectivity index (χ0n) is 19.4. The van der Waals surface area contributed by atoms with Crippen molar-refractivity contribution in [1.29, 1.82) is 0 Å². The number of carbonyl (C=O) groups is 2. The predicted octanol–water partition coefficient (Wildman–Crippen LogP) is 5.94. The number of halogens is 2. The molecule has 1 aromatic heterocycles. The second-order valence-electron chi connectivity index (χ2n) is 8.10. The topological polar surface area (TPSA) is 92.8 Å². The number of anilines is 2. The lowest BCUT2D eigenvalue weighted by molar-refractivity contribution is -0.114. The molecule has 0 fully saturated rings. The van der Waals surface area contributed by atoms with E-state index in [2.05, 4.69) is 5.32 Å². The quantitative estimate of drug-likeness (QED) is 0.340. The summed E-state index contributed by atoms with van der Waals surface area (Å²) in [5, 5.41) is 3.50. The summed E-state index contributed by atoms with van der Waals surface area (Å²) in [4.78, 5) is 27.0. The zero-order chi connectivity index (χ0) is 25.9. The Morgan fingerprint density at radius 1 is 1.08 bits per heavy atom. The van der Waals surface area contributed by atoms with E-state index in [4.69, 9.17) is 27.9 Å². The standard InChI is InChI=1S/C25H24Cl2N2O5S2/c1-2-34-25(31)23-18-10-6-7-11-21(18)35-24(23)28-22(30)15-29(20-14-16(26)12-13-19(20)27)36(32,33)17-8-4-3-5-9-17/h3-5,8-9,12-14H,2,6-7,10-11,15H2,1H3,(H,28,30). The molecular weight excluding hydrogens is 543 g/mol. The van der Waals surface area contributed by atoms with Gasteiger partial charge in [-0.25, -0.2) is 13.2 Å². The minimum absolute atomic E-state index is 0.00681. The lowest BCUT2D eigenvalue weighted by Gasteiger charge is -2.25. The van der Waals surface area contributed by atoms with Crippen LogP contribution < -0.4 is 9.62 Å². The molecule has 11 heteroatoms. The average Bonchev–Trinajstić information content (AvgIpc) is 3.22. The Labute approximate surface area is 224 Å². The largest absolute Gasteiger partial charge is 0.462 e. The van der Waals surface area contributed by atoms with Crippen molar-refractivity contribution in [3.8, 4) is 0 Å². The van der Waals surface area contributed by atoms with Crippen molar-refractivity contribution in [2.75, 3.05) is 22.8 Å². The van der Waals surface area contributed by atoms with E-state index in [0.29, 0.717) is 10.6 Å². The molecule has 0 atom stereocenters. The highest BCUT2D eigenvalue weighted by molar-refractivity contribution is 7.92. The van der Waals surface area contributed by atoms with Crippen LogP contribution in [-0.2, 0) is 32.4 Å². The van der Waals surface area contributed by atoms with Crippen LogP contribution in [0.5, 0.6) is 0 Å². The summed E-state index contributed by atoms with van der Waals surface area (Å²) in [6, 6.07) is 12.1. The van der Waals surface area contributed by atoms with Crippen LogP contribution >= 0.6 is 34.5 Å². The van der Waals surface area contributed by atoms with E-state index in [0.717, 1.165) is 40.4 Å². The number of carbonyl (C=O) groups excluding carboxylic acids is 2. The third kappa shape index (κ3) is 5.54. The van der Waals surface area contributed by atoms with Gasteiger partial charge in [0, 0.05) is 9.90 Å². The number of sulfonamides is 1. The number of hydrogen-bond donors (Lipinski definition) is 1. The third-order valence-corrected chi connectivity index (χ3v) is 9.24. The molecule has 0 saturated carbocycles. The molecule has 4 rings (SSSR count). The van der Waals surface area contributed by atoms with Gasteiger partial charge in [0.15, 0.2) is 0 Å². The Balaban J connectivity index is 1.70. The van der Waals surface area contributed by atoms with Crippen LogP contribution in [0.25, 0.3) is 0 Å². The summed E-state index contributed by atoms with van der Waals surface area (Å²) in [7, 11) is -4.18. The Kier molecular flexibility index (Phi) is 8.24. The summed E-state index contributed by atoms with van der Waals surface area (Å²) in [6.45, 7) is 1.34. The van der Waals surface area contributed by atoms with Crippen molar-refractivity contribution in [3.63, 3.8) is 0 Å². The molecule has 1 heterocycles. The highest BCUT2D eigenvalue weighted by atomic mass is 35.5. The van der Waals surface area contributed by atoms with Gasteiger partial charge in [0.05, 0.1) is 27.8 Å². The average molecular weight is 568 g/mol. The fourth-order valence-corrected chi connectivity index (χ4v) is 7.25. The second-order valence-corrected chi connectivity index (χ2v) is 11.9. The SMILES string of the molecule is CCOC(=O)c1c(NC(=O)CN(c2cc(Cl)ccc2Cl)S(=O)(=O)c2ccccc2)sc2c1CCCC2. The number of nitrogens with zero attached hydrogens (tertiary/aromatic N) is 1. The van der Waals surface area contributed by atoms with E-state index < -0.39 is 28.4 Å². The molecule has 1 amide bonds. The van der Waals surface area contributed by atoms with Gasteiger partial charge in [-0.15, -0.1) is 11.3 Å². The van der Waals surface area contributed by atoms with Gasteiger partial charge in [-0.05, 0) is 68.5 Å². The maximum atomic E-state index is 13.6. The summed E-state index contributed by atoms with van der Waals surface area (Å²) in [5.41, 5.74) is 1.31. The summed E-state index contributed by atoms with van der Waals surface area (Å²) in [5.74, 6) is -1.13. The number of nitrogens with one attached hydrogen (secondary N) is 1.